The summed E-state index contributed by atoms with van der Waals surface area (Å²) in [5, 5.41) is 16.2. The van der Waals surface area contributed by atoms with Gasteiger partial charge in [0.2, 0.25) is 0 Å². The highest BCUT2D eigenvalue weighted by Gasteiger charge is 2.21. The molecule has 1 unspecified atom stereocenters. The van der Waals surface area contributed by atoms with Crippen molar-refractivity contribution in [3.8, 4) is 5.75 Å². The van der Waals surface area contributed by atoms with Crippen LogP contribution < -0.4 is 5.32 Å². The minimum absolute atomic E-state index is 0.372. The molecule has 0 radical (unpaired) electrons. The number of rotatable bonds is 4. The number of nitrogens with zero attached hydrogens (tertiary/aromatic N) is 1. The normalized spacial score (nSPS) is 17.9. The van der Waals surface area contributed by atoms with Crippen LogP contribution in [0.3, 0.4) is 0 Å². The molecule has 0 saturated heterocycles. The SMILES string of the molecule is Oc1ccc2c(c1)CCC2NCCc1nccs1. The molecule has 2 N–H and O–H groups in total. The number of benzene rings is 1. The quantitative estimate of drug-likeness (QED) is 0.888. The second-order valence-electron chi connectivity index (χ2n) is 4.60. The van der Waals surface area contributed by atoms with E-state index in [-0.39, 0.29) is 0 Å². The maximum atomic E-state index is 9.46. The molecule has 0 bridgehead atoms. The van der Waals surface area contributed by atoms with Gasteiger partial charge in [0, 0.05) is 30.6 Å². The van der Waals surface area contributed by atoms with Gasteiger partial charge in [-0.15, -0.1) is 11.3 Å². The van der Waals surface area contributed by atoms with E-state index in [1.165, 1.54) is 16.1 Å². The van der Waals surface area contributed by atoms with E-state index in [1.807, 2.05) is 23.7 Å². The van der Waals surface area contributed by atoms with E-state index in [0.717, 1.165) is 25.8 Å². The van der Waals surface area contributed by atoms with Crippen molar-refractivity contribution in [2.75, 3.05) is 6.54 Å². The molecule has 2 aromatic rings. The van der Waals surface area contributed by atoms with Crippen molar-refractivity contribution in [3.63, 3.8) is 0 Å². The van der Waals surface area contributed by atoms with E-state index in [0.29, 0.717) is 11.8 Å². The van der Waals surface area contributed by atoms with Gasteiger partial charge in [0.15, 0.2) is 0 Å². The summed E-state index contributed by atoms with van der Waals surface area (Å²) in [6, 6.07) is 6.14. The van der Waals surface area contributed by atoms with Gasteiger partial charge >= 0.3 is 0 Å². The Morgan fingerprint density at radius 2 is 2.39 bits per heavy atom. The lowest BCUT2D eigenvalue weighted by Crippen LogP contribution is -2.21. The van der Waals surface area contributed by atoms with Crippen molar-refractivity contribution in [3.05, 3.63) is 45.9 Å². The van der Waals surface area contributed by atoms with Gasteiger partial charge in [-0.3, -0.25) is 0 Å². The van der Waals surface area contributed by atoms with Gasteiger partial charge in [0.1, 0.15) is 5.75 Å². The second kappa shape index (κ2) is 5.08. The average Bonchev–Trinajstić information content (AvgIpc) is 2.99. The van der Waals surface area contributed by atoms with Crippen LogP contribution in [0.1, 0.15) is 28.6 Å². The zero-order valence-corrected chi connectivity index (χ0v) is 10.9. The third-order valence-electron chi connectivity index (χ3n) is 3.42. The Morgan fingerprint density at radius 3 is 3.22 bits per heavy atom. The molecular formula is C14H16N2OS. The van der Waals surface area contributed by atoms with E-state index in [2.05, 4.69) is 10.3 Å². The molecule has 0 spiro atoms. The summed E-state index contributed by atoms with van der Waals surface area (Å²) in [5.74, 6) is 0.372. The molecule has 0 saturated carbocycles. The highest BCUT2D eigenvalue weighted by Crippen LogP contribution is 2.33. The van der Waals surface area contributed by atoms with Crippen LogP contribution in [-0.4, -0.2) is 16.6 Å². The van der Waals surface area contributed by atoms with Gasteiger partial charge in [-0.25, -0.2) is 4.98 Å². The zero-order chi connectivity index (χ0) is 12.4. The fourth-order valence-corrected chi connectivity index (χ4v) is 3.17. The smallest absolute Gasteiger partial charge is 0.115 e. The lowest BCUT2D eigenvalue weighted by atomic mass is 10.1. The van der Waals surface area contributed by atoms with Crippen LogP contribution in [0.2, 0.25) is 0 Å². The Kier molecular flexibility index (Phi) is 3.30. The van der Waals surface area contributed by atoms with Crippen molar-refractivity contribution < 1.29 is 5.11 Å². The molecule has 3 rings (SSSR count). The largest absolute Gasteiger partial charge is 0.508 e. The van der Waals surface area contributed by atoms with Crippen LogP contribution in [0.4, 0.5) is 0 Å². The third-order valence-corrected chi connectivity index (χ3v) is 4.26. The first kappa shape index (κ1) is 11.7. The standard InChI is InChI=1S/C14H16N2OS/c17-11-2-3-12-10(9-11)1-4-13(12)15-6-5-14-16-7-8-18-14/h2-3,7-9,13,15,17H,1,4-6H2. The topological polar surface area (TPSA) is 45.1 Å². The molecule has 1 aromatic carbocycles. The zero-order valence-electron chi connectivity index (χ0n) is 10.1. The summed E-state index contributed by atoms with van der Waals surface area (Å²) >= 11 is 1.71. The minimum atomic E-state index is 0.372. The maximum absolute atomic E-state index is 9.46. The maximum Gasteiger partial charge on any atom is 0.115 e. The fourth-order valence-electron chi connectivity index (χ4n) is 2.55. The first-order valence-electron chi connectivity index (χ1n) is 6.26. The third kappa shape index (κ3) is 2.40. The molecule has 1 atom stereocenters. The van der Waals surface area contributed by atoms with Gasteiger partial charge in [0.05, 0.1) is 5.01 Å². The van der Waals surface area contributed by atoms with Crippen LogP contribution in [0.15, 0.2) is 29.8 Å². The van der Waals surface area contributed by atoms with Gasteiger partial charge < -0.3 is 10.4 Å². The summed E-state index contributed by atoms with van der Waals surface area (Å²) in [4.78, 5) is 4.28. The van der Waals surface area contributed by atoms with Crippen LogP contribution >= 0.6 is 11.3 Å². The fraction of sp³-hybridized carbons (Fsp3) is 0.357. The first-order chi connectivity index (χ1) is 8.83. The highest BCUT2D eigenvalue weighted by atomic mass is 32.1. The monoisotopic (exact) mass is 260 g/mol. The molecule has 1 heterocycles. The van der Waals surface area contributed by atoms with Gasteiger partial charge in [-0.1, -0.05) is 6.07 Å². The van der Waals surface area contributed by atoms with Gasteiger partial charge in [0.25, 0.3) is 0 Å². The summed E-state index contributed by atoms with van der Waals surface area (Å²) in [7, 11) is 0. The lowest BCUT2D eigenvalue weighted by molar-refractivity contribution is 0.474. The molecule has 0 fully saturated rings. The second-order valence-corrected chi connectivity index (χ2v) is 5.58. The van der Waals surface area contributed by atoms with Crippen molar-refractivity contribution >= 4 is 11.3 Å². The Morgan fingerprint density at radius 1 is 1.44 bits per heavy atom. The molecule has 1 aliphatic rings. The highest BCUT2D eigenvalue weighted by molar-refractivity contribution is 7.09. The number of fused-ring (bicyclic) bond motifs is 1. The number of thiazole rings is 1. The Labute approximate surface area is 111 Å². The number of aromatic nitrogens is 1. The van der Waals surface area contributed by atoms with Crippen LogP contribution in [0.25, 0.3) is 0 Å². The van der Waals surface area contributed by atoms with Gasteiger partial charge in [-0.05, 0) is 36.1 Å². The summed E-state index contributed by atoms with van der Waals surface area (Å²) in [6.07, 6.45) is 5.02. The number of hydrogen-bond acceptors (Lipinski definition) is 4. The van der Waals surface area contributed by atoms with Crippen LogP contribution in [0.5, 0.6) is 5.75 Å². The van der Waals surface area contributed by atoms with E-state index >= 15 is 0 Å². The summed E-state index contributed by atoms with van der Waals surface area (Å²) in [5.41, 5.74) is 2.62. The van der Waals surface area contributed by atoms with Crippen molar-refractivity contribution in [1.82, 2.24) is 10.3 Å². The van der Waals surface area contributed by atoms with Crippen molar-refractivity contribution in [2.24, 2.45) is 0 Å². The predicted molar refractivity (Wildman–Crippen MR) is 73.0 cm³/mol. The molecule has 1 aromatic heterocycles. The number of aromatic hydroxyl groups is 1. The first-order valence-corrected chi connectivity index (χ1v) is 7.14. The van der Waals surface area contributed by atoms with Crippen LogP contribution in [-0.2, 0) is 12.8 Å². The van der Waals surface area contributed by atoms with Gasteiger partial charge in [-0.2, -0.15) is 0 Å². The lowest BCUT2D eigenvalue weighted by Gasteiger charge is -2.13. The van der Waals surface area contributed by atoms with E-state index in [9.17, 15) is 5.11 Å². The molecule has 4 heteroatoms. The number of hydrogen-bond donors (Lipinski definition) is 2. The number of aryl methyl sites for hydroxylation is 1. The van der Waals surface area contributed by atoms with Crippen LogP contribution in [0, 0.1) is 0 Å². The number of phenolic OH excluding ortho intramolecular Hbond substituents is 1. The molecule has 18 heavy (non-hydrogen) atoms. The van der Waals surface area contributed by atoms with Crippen molar-refractivity contribution in [2.45, 2.75) is 25.3 Å². The predicted octanol–water partition coefficient (Wildman–Crippen LogP) is 2.67. The van der Waals surface area contributed by atoms with E-state index in [1.54, 1.807) is 17.4 Å². The Hall–Kier alpha value is -1.39. The molecule has 1 aliphatic carbocycles. The summed E-state index contributed by atoms with van der Waals surface area (Å²) < 4.78 is 0. The van der Waals surface area contributed by atoms with Crippen molar-refractivity contribution in [1.29, 1.82) is 0 Å². The van der Waals surface area contributed by atoms with E-state index in [4.69, 9.17) is 0 Å². The number of phenols is 1. The molecular weight excluding hydrogens is 244 g/mol. The van der Waals surface area contributed by atoms with E-state index < -0.39 is 0 Å². The summed E-state index contributed by atoms with van der Waals surface area (Å²) in [6.45, 7) is 0.957. The molecule has 94 valence electrons. The average molecular weight is 260 g/mol. The molecule has 0 amide bonds. The Bertz CT molecular complexity index is 525. The molecule has 0 aliphatic heterocycles. The minimum Gasteiger partial charge on any atom is -0.508 e. The molecule has 3 nitrogen and oxygen atoms in total. The number of nitrogens with one attached hydrogen (secondary N) is 1. The Balaban J connectivity index is 1.59.